The molecule has 0 aliphatic carbocycles. The first-order valence-electron chi connectivity index (χ1n) is 4.33. The number of aliphatic imine (C=N–C) groups is 1. The molecule has 0 amide bonds. The molecule has 2 nitrogen and oxygen atoms in total. The lowest BCUT2D eigenvalue weighted by atomic mass is 10.3. The second-order valence-electron chi connectivity index (χ2n) is 4.03. The van der Waals surface area contributed by atoms with Crippen molar-refractivity contribution in [3.05, 3.63) is 12.2 Å². The predicted molar refractivity (Wildman–Crippen MR) is 55.1 cm³/mol. The van der Waals surface area contributed by atoms with Crippen LogP contribution in [0.5, 0.6) is 0 Å². The van der Waals surface area contributed by atoms with Gasteiger partial charge in [-0.3, -0.25) is 4.99 Å². The van der Waals surface area contributed by atoms with Crippen LogP contribution in [-0.2, 0) is 4.43 Å². The largest absolute Gasteiger partial charge is 0.531 e. The van der Waals surface area contributed by atoms with Crippen molar-refractivity contribution in [2.24, 2.45) is 4.99 Å². The van der Waals surface area contributed by atoms with E-state index in [1.54, 1.807) is 0 Å². The normalized spacial score (nSPS) is 27.3. The van der Waals surface area contributed by atoms with Gasteiger partial charge in [0.25, 0.3) is 8.32 Å². The highest BCUT2D eigenvalue weighted by Gasteiger charge is 2.36. The van der Waals surface area contributed by atoms with Gasteiger partial charge >= 0.3 is 0 Å². The summed E-state index contributed by atoms with van der Waals surface area (Å²) in [6.45, 7) is 13.4. The molecule has 68 valence electrons. The molecule has 0 saturated carbocycles. The van der Waals surface area contributed by atoms with E-state index < -0.39 is 8.32 Å². The first-order valence-corrected chi connectivity index (χ1v) is 7.31. The molecule has 0 saturated heterocycles. The van der Waals surface area contributed by atoms with Crippen LogP contribution >= 0.6 is 0 Å². The third-order valence-corrected chi connectivity index (χ3v) is 5.70. The van der Waals surface area contributed by atoms with E-state index in [4.69, 9.17) is 4.43 Å². The minimum atomic E-state index is -1.51. The van der Waals surface area contributed by atoms with E-state index in [1.807, 2.05) is 6.92 Å². The van der Waals surface area contributed by atoms with Crippen molar-refractivity contribution in [2.45, 2.75) is 32.5 Å². The van der Waals surface area contributed by atoms with E-state index in [1.165, 1.54) is 0 Å². The lowest BCUT2D eigenvalue weighted by molar-refractivity contribution is 0.497. The Kier molecular flexibility index (Phi) is 2.42. The zero-order valence-corrected chi connectivity index (χ0v) is 9.35. The highest BCUT2D eigenvalue weighted by molar-refractivity contribution is 6.74. The van der Waals surface area contributed by atoms with E-state index in [0.29, 0.717) is 5.54 Å². The predicted octanol–water partition coefficient (Wildman–Crippen LogP) is 2.59. The molecule has 0 bridgehead atoms. The van der Waals surface area contributed by atoms with Gasteiger partial charge < -0.3 is 4.43 Å². The molecule has 1 rings (SSSR count). The van der Waals surface area contributed by atoms with Crippen LogP contribution in [0.2, 0.25) is 18.6 Å². The van der Waals surface area contributed by atoms with Crippen LogP contribution in [0.1, 0.15) is 13.8 Å². The number of hydrogen-bond acceptors (Lipinski definition) is 2. The average Bonchev–Trinajstić information content (AvgIpc) is 1.94. The smallest absolute Gasteiger partial charge is 0.251 e. The summed E-state index contributed by atoms with van der Waals surface area (Å²) in [6.07, 6.45) is 0. The molecule has 0 radical (unpaired) electrons. The van der Waals surface area contributed by atoms with Gasteiger partial charge in [0.15, 0.2) is 5.90 Å². The highest BCUT2D eigenvalue weighted by atomic mass is 28.4. The maximum atomic E-state index is 5.84. The molecule has 0 aromatic carbocycles. The second kappa shape index (κ2) is 3.05. The summed E-state index contributed by atoms with van der Waals surface area (Å²) in [4.78, 5) is 4.34. The van der Waals surface area contributed by atoms with Gasteiger partial charge in [0, 0.05) is 17.7 Å². The van der Waals surface area contributed by atoms with Gasteiger partial charge in [-0.25, -0.2) is 0 Å². The third kappa shape index (κ3) is 1.77. The monoisotopic (exact) mass is 183 g/mol. The van der Waals surface area contributed by atoms with E-state index >= 15 is 0 Å². The minimum Gasteiger partial charge on any atom is -0.531 e. The maximum absolute atomic E-state index is 5.84. The Morgan fingerprint density at radius 3 is 2.67 bits per heavy atom. The molecule has 1 aliphatic rings. The summed E-state index contributed by atoms with van der Waals surface area (Å²) in [6, 6.07) is 0. The zero-order valence-electron chi connectivity index (χ0n) is 8.35. The summed E-state index contributed by atoms with van der Waals surface area (Å²) < 4.78 is 5.84. The molecule has 12 heavy (non-hydrogen) atoms. The SMILES string of the molecule is C=C(C)C1=NCC(C)[Si](C)(C)O1. The Balaban J connectivity index is 2.81. The highest BCUT2D eigenvalue weighted by Crippen LogP contribution is 2.27. The summed E-state index contributed by atoms with van der Waals surface area (Å²) >= 11 is 0. The van der Waals surface area contributed by atoms with Crippen molar-refractivity contribution in [3.8, 4) is 0 Å². The standard InChI is InChI=1S/C9H17NOSi/c1-7(2)9-10-6-8(3)12(4,5)11-9/h8H,1,6H2,2-5H3. The lowest BCUT2D eigenvalue weighted by Crippen LogP contribution is -2.42. The van der Waals surface area contributed by atoms with Gasteiger partial charge in [-0.2, -0.15) is 0 Å². The van der Waals surface area contributed by atoms with Crippen LogP contribution in [-0.4, -0.2) is 20.8 Å². The van der Waals surface area contributed by atoms with Crippen molar-refractivity contribution < 1.29 is 4.43 Å². The number of hydrogen-bond donors (Lipinski definition) is 0. The Morgan fingerprint density at radius 2 is 2.25 bits per heavy atom. The fraction of sp³-hybridized carbons (Fsp3) is 0.667. The molecular weight excluding hydrogens is 166 g/mol. The van der Waals surface area contributed by atoms with Crippen LogP contribution < -0.4 is 0 Å². The van der Waals surface area contributed by atoms with Gasteiger partial charge in [-0.15, -0.1) is 0 Å². The Bertz CT molecular complexity index is 233. The second-order valence-corrected chi connectivity index (χ2v) is 8.43. The summed E-state index contributed by atoms with van der Waals surface area (Å²) in [7, 11) is -1.51. The molecule has 0 spiro atoms. The van der Waals surface area contributed by atoms with Gasteiger partial charge in [-0.05, 0) is 20.0 Å². The van der Waals surface area contributed by atoms with Gasteiger partial charge in [-0.1, -0.05) is 13.5 Å². The van der Waals surface area contributed by atoms with Crippen LogP contribution in [0, 0.1) is 0 Å². The van der Waals surface area contributed by atoms with Crippen molar-refractivity contribution >= 4 is 14.2 Å². The van der Waals surface area contributed by atoms with Gasteiger partial charge in [0.1, 0.15) is 0 Å². The molecule has 0 aromatic heterocycles. The summed E-state index contributed by atoms with van der Waals surface area (Å²) in [5, 5.41) is 0. The number of rotatable bonds is 1. The third-order valence-electron chi connectivity index (χ3n) is 2.42. The fourth-order valence-electron chi connectivity index (χ4n) is 1.04. The van der Waals surface area contributed by atoms with Crippen molar-refractivity contribution in [1.29, 1.82) is 0 Å². The van der Waals surface area contributed by atoms with Gasteiger partial charge in [0.05, 0.1) is 0 Å². The Hall–Kier alpha value is -0.573. The zero-order chi connectivity index (χ0) is 9.35. The summed E-state index contributed by atoms with van der Waals surface area (Å²) in [5.41, 5.74) is 1.56. The fourth-order valence-corrected chi connectivity index (χ4v) is 2.51. The summed E-state index contributed by atoms with van der Waals surface area (Å²) in [5.74, 6) is 0.782. The quantitative estimate of drug-likeness (QED) is 0.573. The van der Waals surface area contributed by atoms with Crippen LogP contribution in [0.3, 0.4) is 0 Å². The van der Waals surface area contributed by atoms with E-state index in [9.17, 15) is 0 Å². The molecule has 0 N–H and O–H groups in total. The molecule has 1 unspecified atom stereocenters. The van der Waals surface area contributed by atoms with Crippen molar-refractivity contribution in [1.82, 2.24) is 0 Å². The molecule has 1 heterocycles. The van der Waals surface area contributed by atoms with Crippen molar-refractivity contribution in [3.63, 3.8) is 0 Å². The van der Waals surface area contributed by atoms with E-state index in [-0.39, 0.29) is 0 Å². The van der Waals surface area contributed by atoms with Crippen LogP contribution in [0.4, 0.5) is 0 Å². The average molecular weight is 183 g/mol. The molecule has 1 atom stereocenters. The van der Waals surface area contributed by atoms with Crippen LogP contribution in [0.15, 0.2) is 17.1 Å². The topological polar surface area (TPSA) is 21.6 Å². The first kappa shape index (κ1) is 9.51. The maximum Gasteiger partial charge on any atom is 0.251 e. The van der Waals surface area contributed by atoms with E-state index in [2.05, 4.69) is 31.6 Å². The molecular formula is C9H17NOSi. The molecule has 0 aromatic rings. The van der Waals surface area contributed by atoms with Crippen LogP contribution in [0.25, 0.3) is 0 Å². The Labute approximate surface area is 75.5 Å². The van der Waals surface area contributed by atoms with Crippen molar-refractivity contribution in [2.75, 3.05) is 6.54 Å². The molecule has 0 fully saturated rings. The van der Waals surface area contributed by atoms with E-state index in [0.717, 1.165) is 18.0 Å². The van der Waals surface area contributed by atoms with Gasteiger partial charge in [0.2, 0.25) is 0 Å². The first-order chi connectivity index (χ1) is 5.43. The molecule has 3 heteroatoms. The number of nitrogens with zero attached hydrogens (tertiary/aromatic N) is 1. The molecule has 1 aliphatic heterocycles. The minimum absolute atomic E-state index is 0.612. The Morgan fingerprint density at radius 1 is 1.67 bits per heavy atom. The lowest BCUT2D eigenvalue weighted by Gasteiger charge is -2.34.